The van der Waals surface area contributed by atoms with Crippen molar-refractivity contribution in [2.24, 2.45) is 0 Å². The molecule has 0 aromatic rings. The molecule has 0 saturated carbocycles. The Morgan fingerprint density at radius 2 is 1.08 bits per heavy atom. The minimum atomic E-state index is 0.639. The SMILES string of the molecule is CCNC(CC)C(CC)NCC. The van der Waals surface area contributed by atoms with Gasteiger partial charge in [0, 0.05) is 12.1 Å². The molecule has 2 nitrogen and oxygen atoms in total. The summed E-state index contributed by atoms with van der Waals surface area (Å²) >= 11 is 0. The summed E-state index contributed by atoms with van der Waals surface area (Å²) in [5, 5.41) is 7.01. The van der Waals surface area contributed by atoms with Gasteiger partial charge >= 0.3 is 0 Å². The topological polar surface area (TPSA) is 24.1 Å². The van der Waals surface area contributed by atoms with Crippen molar-refractivity contribution in [1.82, 2.24) is 10.6 Å². The highest BCUT2D eigenvalue weighted by atomic mass is 15.0. The van der Waals surface area contributed by atoms with Crippen LogP contribution in [-0.4, -0.2) is 25.2 Å². The predicted molar refractivity (Wildman–Crippen MR) is 55.5 cm³/mol. The van der Waals surface area contributed by atoms with Crippen LogP contribution in [0.3, 0.4) is 0 Å². The van der Waals surface area contributed by atoms with Gasteiger partial charge in [-0.25, -0.2) is 0 Å². The van der Waals surface area contributed by atoms with Crippen molar-refractivity contribution in [2.45, 2.75) is 52.6 Å². The van der Waals surface area contributed by atoms with Crippen LogP contribution in [0.2, 0.25) is 0 Å². The molecule has 12 heavy (non-hydrogen) atoms. The van der Waals surface area contributed by atoms with Crippen LogP contribution in [0, 0.1) is 0 Å². The van der Waals surface area contributed by atoms with Gasteiger partial charge < -0.3 is 10.6 Å². The molecule has 0 aromatic carbocycles. The van der Waals surface area contributed by atoms with Crippen LogP contribution in [0.15, 0.2) is 0 Å². The van der Waals surface area contributed by atoms with Crippen LogP contribution in [-0.2, 0) is 0 Å². The summed E-state index contributed by atoms with van der Waals surface area (Å²) in [5.74, 6) is 0. The Balaban J connectivity index is 3.84. The summed E-state index contributed by atoms with van der Waals surface area (Å²) in [5.41, 5.74) is 0. The lowest BCUT2D eigenvalue weighted by atomic mass is 10.0. The van der Waals surface area contributed by atoms with Gasteiger partial charge in [-0.2, -0.15) is 0 Å². The molecule has 0 spiro atoms. The van der Waals surface area contributed by atoms with Gasteiger partial charge in [0.05, 0.1) is 0 Å². The van der Waals surface area contributed by atoms with Gasteiger partial charge in [-0.3, -0.25) is 0 Å². The van der Waals surface area contributed by atoms with E-state index >= 15 is 0 Å². The summed E-state index contributed by atoms with van der Waals surface area (Å²) in [7, 11) is 0. The van der Waals surface area contributed by atoms with Gasteiger partial charge in [0.15, 0.2) is 0 Å². The second-order valence-electron chi connectivity index (χ2n) is 3.14. The van der Waals surface area contributed by atoms with Crippen LogP contribution < -0.4 is 10.6 Å². The van der Waals surface area contributed by atoms with E-state index in [0.717, 1.165) is 13.1 Å². The van der Waals surface area contributed by atoms with Crippen molar-refractivity contribution in [1.29, 1.82) is 0 Å². The van der Waals surface area contributed by atoms with Crippen LogP contribution in [0.25, 0.3) is 0 Å². The van der Waals surface area contributed by atoms with Crippen LogP contribution in [0.4, 0.5) is 0 Å². The Kier molecular flexibility index (Phi) is 7.51. The van der Waals surface area contributed by atoms with Crippen LogP contribution >= 0.6 is 0 Å². The summed E-state index contributed by atoms with van der Waals surface area (Å²) in [6, 6.07) is 1.28. The zero-order chi connectivity index (χ0) is 9.40. The van der Waals surface area contributed by atoms with Crippen molar-refractivity contribution in [2.75, 3.05) is 13.1 Å². The highest BCUT2D eigenvalue weighted by Gasteiger charge is 2.14. The van der Waals surface area contributed by atoms with E-state index in [-0.39, 0.29) is 0 Å². The van der Waals surface area contributed by atoms with E-state index in [0.29, 0.717) is 12.1 Å². The fourth-order valence-electron chi connectivity index (χ4n) is 1.67. The maximum atomic E-state index is 3.51. The van der Waals surface area contributed by atoms with Gasteiger partial charge in [0.25, 0.3) is 0 Å². The summed E-state index contributed by atoms with van der Waals surface area (Å²) in [6.07, 6.45) is 2.42. The molecule has 0 aliphatic heterocycles. The molecule has 0 aliphatic rings. The van der Waals surface area contributed by atoms with Crippen LogP contribution in [0.5, 0.6) is 0 Å². The first-order valence-electron chi connectivity index (χ1n) is 5.26. The third-order valence-corrected chi connectivity index (χ3v) is 2.30. The average Bonchev–Trinajstić information content (AvgIpc) is 2.11. The Bertz CT molecular complexity index is 81.8. The van der Waals surface area contributed by atoms with E-state index < -0.39 is 0 Å². The molecule has 2 N–H and O–H groups in total. The molecule has 2 atom stereocenters. The normalized spacial score (nSPS) is 16.0. The Hall–Kier alpha value is -0.0800. The highest BCUT2D eigenvalue weighted by molar-refractivity contribution is 4.79. The number of rotatable bonds is 7. The van der Waals surface area contributed by atoms with E-state index in [4.69, 9.17) is 0 Å². The fraction of sp³-hybridized carbons (Fsp3) is 1.00. The molecule has 0 aliphatic carbocycles. The summed E-state index contributed by atoms with van der Waals surface area (Å²) in [6.45, 7) is 11.0. The van der Waals surface area contributed by atoms with Gasteiger partial charge in [-0.15, -0.1) is 0 Å². The molecular weight excluding hydrogens is 148 g/mol. The number of hydrogen-bond acceptors (Lipinski definition) is 2. The van der Waals surface area contributed by atoms with Crippen molar-refractivity contribution in [3.05, 3.63) is 0 Å². The second-order valence-corrected chi connectivity index (χ2v) is 3.14. The van der Waals surface area contributed by atoms with E-state index in [1.165, 1.54) is 12.8 Å². The molecule has 0 rings (SSSR count). The number of likely N-dealkylation sites (N-methyl/N-ethyl adjacent to an activating group) is 2. The molecule has 74 valence electrons. The quantitative estimate of drug-likeness (QED) is 0.611. The Morgan fingerprint density at radius 1 is 0.750 bits per heavy atom. The number of nitrogens with one attached hydrogen (secondary N) is 2. The predicted octanol–water partition coefficient (Wildman–Crippen LogP) is 1.76. The molecule has 0 bridgehead atoms. The van der Waals surface area contributed by atoms with Gasteiger partial charge in [0.1, 0.15) is 0 Å². The molecule has 0 saturated heterocycles. The molecule has 0 fully saturated rings. The van der Waals surface area contributed by atoms with E-state index in [9.17, 15) is 0 Å². The number of hydrogen-bond donors (Lipinski definition) is 2. The first-order valence-corrected chi connectivity index (χ1v) is 5.26. The van der Waals surface area contributed by atoms with Gasteiger partial charge in [-0.05, 0) is 25.9 Å². The highest BCUT2D eigenvalue weighted by Crippen LogP contribution is 2.02. The lowest BCUT2D eigenvalue weighted by molar-refractivity contribution is 0.362. The first-order chi connectivity index (χ1) is 5.79. The van der Waals surface area contributed by atoms with E-state index in [2.05, 4.69) is 38.3 Å². The third kappa shape index (κ3) is 4.07. The maximum absolute atomic E-state index is 3.51. The van der Waals surface area contributed by atoms with Gasteiger partial charge in [0.2, 0.25) is 0 Å². The lowest BCUT2D eigenvalue weighted by Crippen LogP contribution is -2.47. The first kappa shape index (κ1) is 11.9. The Labute approximate surface area is 77.1 Å². The molecule has 0 amide bonds. The zero-order valence-corrected chi connectivity index (χ0v) is 8.98. The minimum Gasteiger partial charge on any atom is -0.313 e. The molecule has 2 unspecified atom stereocenters. The van der Waals surface area contributed by atoms with E-state index in [1.807, 2.05) is 0 Å². The molecule has 0 radical (unpaired) electrons. The largest absolute Gasteiger partial charge is 0.313 e. The fourth-order valence-corrected chi connectivity index (χ4v) is 1.67. The average molecular weight is 172 g/mol. The van der Waals surface area contributed by atoms with Crippen molar-refractivity contribution < 1.29 is 0 Å². The monoisotopic (exact) mass is 172 g/mol. The van der Waals surface area contributed by atoms with E-state index in [1.54, 1.807) is 0 Å². The molecule has 0 heterocycles. The standard InChI is InChI=1S/C10H24N2/c1-5-9(11-7-3)10(6-2)12-8-4/h9-12H,5-8H2,1-4H3. The van der Waals surface area contributed by atoms with Crippen molar-refractivity contribution in [3.63, 3.8) is 0 Å². The molecule has 2 heteroatoms. The van der Waals surface area contributed by atoms with Crippen LogP contribution in [0.1, 0.15) is 40.5 Å². The summed E-state index contributed by atoms with van der Waals surface area (Å²) in [4.78, 5) is 0. The smallest absolute Gasteiger partial charge is 0.0218 e. The Morgan fingerprint density at radius 3 is 1.25 bits per heavy atom. The molecule has 0 aromatic heterocycles. The van der Waals surface area contributed by atoms with Crippen molar-refractivity contribution >= 4 is 0 Å². The second kappa shape index (κ2) is 7.56. The minimum absolute atomic E-state index is 0.639. The maximum Gasteiger partial charge on any atom is 0.0218 e. The zero-order valence-electron chi connectivity index (χ0n) is 8.98. The van der Waals surface area contributed by atoms with Gasteiger partial charge in [-0.1, -0.05) is 27.7 Å². The lowest BCUT2D eigenvalue weighted by Gasteiger charge is -2.26. The summed E-state index contributed by atoms with van der Waals surface area (Å²) < 4.78 is 0. The van der Waals surface area contributed by atoms with Crippen molar-refractivity contribution in [3.8, 4) is 0 Å². The molecular formula is C10H24N2. The third-order valence-electron chi connectivity index (χ3n) is 2.30.